The lowest BCUT2D eigenvalue weighted by Crippen LogP contribution is -2.35. The summed E-state index contributed by atoms with van der Waals surface area (Å²) in [4.78, 5) is 21.0. The molecule has 1 amide bonds. The molecule has 178 valence electrons. The number of imidazole rings is 1. The van der Waals surface area contributed by atoms with E-state index in [2.05, 4.69) is 15.3 Å². The van der Waals surface area contributed by atoms with Crippen molar-refractivity contribution in [3.8, 4) is 0 Å². The van der Waals surface area contributed by atoms with Crippen molar-refractivity contribution in [2.75, 3.05) is 22.2 Å². The lowest BCUT2D eigenvalue weighted by atomic mass is 9.93. The van der Waals surface area contributed by atoms with Gasteiger partial charge in [0.2, 0.25) is 0 Å². The van der Waals surface area contributed by atoms with Crippen molar-refractivity contribution < 1.29 is 22.7 Å². The van der Waals surface area contributed by atoms with Crippen molar-refractivity contribution in [1.29, 1.82) is 0 Å². The zero-order valence-electron chi connectivity index (χ0n) is 18.3. The van der Waals surface area contributed by atoms with Gasteiger partial charge in [-0.15, -0.1) is 0 Å². The van der Waals surface area contributed by atoms with Crippen LogP contribution in [0.4, 0.5) is 20.3 Å². The third-order valence-electron chi connectivity index (χ3n) is 6.44. The van der Waals surface area contributed by atoms with Crippen LogP contribution in [0.3, 0.4) is 0 Å². The fraction of sp³-hybridized carbons (Fsp3) is 0.476. The molecule has 1 saturated carbocycles. The maximum absolute atomic E-state index is 13.4. The molecule has 0 bridgehead atoms. The molecule has 2 aromatic heterocycles. The molecule has 2 unspecified atom stereocenters. The van der Waals surface area contributed by atoms with Gasteiger partial charge in [-0.1, -0.05) is 6.08 Å². The number of anilines is 2. The third kappa shape index (κ3) is 3.96. The Hall–Kier alpha value is -2.70. The van der Waals surface area contributed by atoms with Gasteiger partial charge in [0.05, 0.1) is 12.0 Å². The first kappa shape index (κ1) is 22.1. The van der Waals surface area contributed by atoms with Gasteiger partial charge in [0, 0.05) is 45.2 Å². The molecule has 0 radical (unpaired) electrons. The highest BCUT2D eigenvalue weighted by Crippen LogP contribution is 2.62. The number of hydrogen-bond donors (Lipinski definition) is 3. The fourth-order valence-corrected chi connectivity index (χ4v) is 5.74. The van der Waals surface area contributed by atoms with E-state index in [9.17, 15) is 22.7 Å². The zero-order valence-corrected chi connectivity index (χ0v) is 19.1. The minimum absolute atomic E-state index is 0.0111. The summed E-state index contributed by atoms with van der Waals surface area (Å²) in [7, 11) is -0.114. The van der Waals surface area contributed by atoms with E-state index in [-0.39, 0.29) is 24.9 Å². The summed E-state index contributed by atoms with van der Waals surface area (Å²) in [6, 6.07) is 3.48. The van der Waals surface area contributed by atoms with Crippen LogP contribution in [0, 0.1) is 5.92 Å². The average molecular weight is 481 g/mol. The molecule has 0 aromatic carbocycles. The minimum Gasteiger partial charge on any atom is -0.348 e. The second kappa shape index (κ2) is 7.67. The van der Waals surface area contributed by atoms with Crippen LogP contribution in [0.15, 0.2) is 30.7 Å². The molecule has 3 aliphatic rings. The number of amides is 1. The van der Waals surface area contributed by atoms with Gasteiger partial charge in [-0.2, -0.15) is 0 Å². The highest BCUT2D eigenvalue weighted by Gasteiger charge is 2.59. The molecule has 0 spiro atoms. The molecular formula is C21H26F2N6O3S. The van der Waals surface area contributed by atoms with Gasteiger partial charge in [-0.3, -0.25) is 13.9 Å². The van der Waals surface area contributed by atoms with Crippen molar-refractivity contribution in [2.24, 2.45) is 13.0 Å². The minimum atomic E-state index is -3.43. The molecule has 5 rings (SSSR count). The fourth-order valence-electron chi connectivity index (χ4n) is 4.30. The largest absolute Gasteiger partial charge is 0.348 e. The van der Waals surface area contributed by atoms with Gasteiger partial charge in [-0.05, 0) is 47.9 Å². The monoisotopic (exact) mass is 480 g/mol. The number of aryl methyl sites for hydroxylation is 1. The first-order chi connectivity index (χ1) is 15.6. The Bertz CT molecular complexity index is 1140. The Kier molecular flexibility index (Phi) is 5.14. The van der Waals surface area contributed by atoms with Crippen molar-refractivity contribution in [1.82, 2.24) is 19.9 Å². The van der Waals surface area contributed by atoms with Crippen LogP contribution >= 0.6 is 11.0 Å². The number of pyridine rings is 1. The molecule has 1 fully saturated rings. The van der Waals surface area contributed by atoms with Crippen LogP contribution in [-0.2, 0) is 7.05 Å². The maximum atomic E-state index is 13.4. The number of hydrogen-bond acceptors (Lipinski definition) is 7. The predicted molar refractivity (Wildman–Crippen MR) is 122 cm³/mol. The maximum Gasteiger partial charge on any atom is 0.271 e. The molecule has 2 aliphatic carbocycles. The summed E-state index contributed by atoms with van der Waals surface area (Å²) < 4.78 is 52.4. The van der Waals surface area contributed by atoms with E-state index in [0.29, 0.717) is 35.7 Å². The summed E-state index contributed by atoms with van der Waals surface area (Å²) in [5, 5.41) is 3.00. The number of carbonyl (C=O) groups excluding carboxylic acids is 1. The second-order valence-electron chi connectivity index (χ2n) is 8.85. The summed E-state index contributed by atoms with van der Waals surface area (Å²) in [6.45, 7) is -0.131. The molecular weight excluding hydrogens is 454 g/mol. The number of aromatic nitrogens is 3. The van der Waals surface area contributed by atoms with Crippen molar-refractivity contribution in [2.45, 2.75) is 37.6 Å². The standard InChI is InChI=1S/C21H26F2N6O3S/c1-27-11-17(24-12-27)20(30)25-15-5-3-13(4-6-15)16-7-8-18-19(26-16)28(2)33(31,32)29(18)10-14-9-21(14,22)23/h3,7-8,11-12,14-15,31-32H,4-6,9-10H2,1-2H3,(H,25,30). The van der Waals surface area contributed by atoms with Crippen LogP contribution in [0.1, 0.15) is 41.9 Å². The topological polar surface area (TPSA) is 107 Å². The lowest BCUT2D eigenvalue weighted by Gasteiger charge is -2.41. The zero-order chi connectivity index (χ0) is 23.5. The summed E-state index contributed by atoms with van der Waals surface area (Å²) >= 11 is 0. The van der Waals surface area contributed by atoms with E-state index >= 15 is 0 Å². The van der Waals surface area contributed by atoms with Crippen molar-refractivity contribution in [3.63, 3.8) is 0 Å². The van der Waals surface area contributed by atoms with Gasteiger partial charge in [0.1, 0.15) is 11.4 Å². The number of nitrogens with one attached hydrogen (secondary N) is 1. The Morgan fingerprint density at radius 2 is 2.09 bits per heavy atom. The number of nitrogens with zero attached hydrogens (tertiary/aromatic N) is 5. The van der Waals surface area contributed by atoms with Crippen LogP contribution < -0.4 is 13.9 Å². The molecule has 2 atom stereocenters. The normalized spacial score (nSPS) is 25.9. The SMILES string of the molecule is CN1c2nc(C3=CCC(NC(=O)c4cn(C)cn4)CC3)ccc2N(CC2CC2(F)F)S1(O)O. The highest BCUT2D eigenvalue weighted by molar-refractivity contribution is 8.26. The summed E-state index contributed by atoms with van der Waals surface area (Å²) in [5.74, 6) is -3.48. The molecule has 2 aromatic rings. The van der Waals surface area contributed by atoms with E-state index in [1.54, 1.807) is 36.3 Å². The number of fused-ring (bicyclic) bond motifs is 1. The van der Waals surface area contributed by atoms with Crippen LogP contribution in [-0.4, -0.2) is 55.1 Å². The Morgan fingerprint density at radius 1 is 1.33 bits per heavy atom. The Morgan fingerprint density at radius 3 is 2.70 bits per heavy atom. The van der Waals surface area contributed by atoms with Gasteiger partial charge in [0.25, 0.3) is 11.8 Å². The smallest absolute Gasteiger partial charge is 0.271 e. The first-order valence-electron chi connectivity index (χ1n) is 10.7. The quantitative estimate of drug-likeness (QED) is 0.599. The van der Waals surface area contributed by atoms with Gasteiger partial charge in [-0.25, -0.2) is 27.4 Å². The van der Waals surface area contributed by atoms with Gasteiger partial charge >= 0.3 is 0 Å². The number of alkyl halides is 2. The van der Waals surface area contributed by atoms with Gasteiger partial charge in [0.15, 0.2) is 5.82 Å². The Labute approximate surface area is 191 Å². The number of rotatable bonds is 5. The molecule has 0 saturated heterocycles. The first-order valence-corrected chi connectivity index (χ1v) is 12.2. The number of carbonyl (C=O) groups is 1. The lowest BCUT2D eigenvalue weighted by molar-refractivity contribution is 0.0929. The van der Waals surface area contributed by atoms with Crippen LogP contribution in [0.25, 0.3) is 5.57 Å². The third-order valence-corrected chi connectivity index (χ3v) is 8.28. The molecule has 3 heterocycles. The summed E-state index contributed by atoms with van der Waals surface area (Å²) in [5.41, 5.74) is 2.52. The average Bonchev–Trinajstić information content (AvgIpc) is 3.07. The molecule has 9 nitrogen and oxygen atoms in total. The van der Waals surface area contributed by atoms with Crippen molar-refractivity contribution >= 4 is 33.9 Å². The van der Waals surface area contributed by atoms with Gasteiger partial charge < -0.3 is 9.88 Å². The van der Waals surface area contributed by atoms with E-state index in [4.69, 9.17) is 0 Å². The Balaban J connectivity index is 1.29. The molecule has 1 aliphatic heterocycles. The highest BCUT2D eigenvalue weighted by atomic mass is 32.3. The molecule has 12 heteroatoms. The van der Waals surface area contributed by atoms with E-state index in [1.165, 1.54) is 15.7 Å². The summed E-state index contributed by atoms with van der Waals surface area (Å²) in [6.07, 6.45) is 7.10. The number of allylic oxidation sites excluding steroid dienone is 1. The van der Waals surface area contributed by atoms with Crippen LogP contribution in [0.2, 0.25) is 0 Å². The van der Waals surface area contributed by atoms with E-state index < -0.39 is 22.8 Å². The van der Waals surface area contributed by atoms with E-state index in [0.717, 1.165) is 12.0 Å². The van der Waals surface area contributed by atoms with Crippen LogP contribution in [0.5, 0.6) is 0 Å². The predicted octanol–water partition coefficient (Wildman–Crippen LogP) is 3.67. The van der Waals surface area contributed by atoms with Crippen molar-refractivity contribution in [3.05, 3.63) is 42.1 Å². The molecule has 33 heavy (non-hydrogen) atoms. The van der Waals surface area contributed by atoms with E-state index in [1.807, 2.05) is 6.08 Å². The second-order valence-corrected chi connectivity index (χ2v) is 10.8. The number of halogens is 2. The molecule has 3 N–H and O–H groups in total.